The Morgan fingerprint density at radius 3 is 1.73 bits per heavy atom. The predicted molar refractivity (Wildman–Crippen MR) is 102 cm³/mol. The van der Waals surface area contributed by atoms with Gasteiger partial charge in [-0.15, -0.1) is 0 Å². The first kappa shape index (κ1) is 23.0. The number of halogens is 4. The largest absolute Gasteiger partial charge is 0.446 e. The van der Waals surface area contributed by atoms with E-state index in [-0.39, 0.29) is 52.6 Å². The zero-order chi connectivity index (χ0) is 22.2. The highest BCUT2D eigenvalue weighted by Crippen LogP contribution is 2.37. The van der Waals surface area contributed by atoms with Crippen molar-refractivity contribution in [1.82, 2.24) is 8.61 Å². The van der Waals surface area contributed by atoms with E-state index < -0.39 is 31.4 Å². The second-order valence-corrected chi connectivity index (χ2v) is 11.3. The summed E-state index contributed by atoms with van der Waals surface area (Å²) >= 11 is -0.351. The number of thioether (sulfide) groups is 1. The van der Waals surface area contributed by atoms with E-state index in [0.717, 1.165) is 45.0 Å². The molecule has 30 heavy (non-hydrogen) atoms. The summed E-state index contributed by atoms with van der Waals surface area (Å²) in [7, 11) is -7.98. The van der Waals surface area contributed by atoms with E-state index in [4.69, 9.17) is 0 Å². The van der Waals surface area contributed by atoms with Crippen molar-refractivity contribution in [2.24, 2.45) is 0 Å². The minimum Gasteiger partial charge on any atom is -0.207 e. The maximum absolute atomic E-state index is 13.4. The quantitative estimate of drug-likeness (QED) is 0.482. The molecule has 1 saturated heterocycles. The van der Waals surface area contributed by atoms with Gasteiger partial charge in [0.2, 0.25) is 20.0 Å². The molecule has 1 aliphatic rings. The molecule has 0 amide bonds. The summed E-state index contributed by atoms with van der Waals surface area (Å²) < 4.78 is 103. The average Bonchev–Trinajstić information content (AvgIpc) is 2.67. The number of benzene rings is 2. The standard InChI is InChI=1S/C17H16F4N2O4S3/c18-13-2-1-3-16(12-13)30(26,27)23-10-8-22(9-11-23)29(24,25)15-6-4-14(5-7-15)28-17(19,20)21/h1-7,12H,8-11H2. The van der Waals surface area contributed by atoms with E-state index >= 15 is 0 Å². The minimum absolute atomic E-state index is 0.139. The normalized spacial score (nSPS) is 17.2. The third kappa shape index (κ3) is 5.14. The Hall–Kier alpha value is -1.67. The summed E-state index contributed by atoms with van der Waals surface area (Å²) in [6.07, 6.45) is 0. The van der Waals surface area contributed by atoms with Crippen LogP contribution < -0.4 is 0 Å². The molecule has 0 unspecified atom stereocenters. The van der Waals surface area contributed by atoms with Crippen LogP contribution in [0.4, 0.5) is 17.6 Å². The Bertz CT molecular complexity index is 1110. The van der Waals surface area contributed by atoms with Crippen LogP contribution in [-0.2, 0) is 20.0 Å². The maximum Gasteiger partial charge on any atom is 0.446 e. The molecular weight excluding hydrogens is 468 g/mol. The Balaban J connectivity index is 1.71. The van der Waals surface area contributed by atoms with Crippen molar-refractivity contribution in [3.8, 4) is 0 Å². The molecule has 2 aromatic rings. The van der Waals surface area contributed by atoms with Crippen molar-refractivity contribution in [1.29, 1.82) is 0 Å². The highest BCUT2D eigenvalue weighted by molar-refractivity contribution is 8.00. The van der Waals surface area contributed by atoms with Crippen LogP contribution in [0.2, 0.25) is 0 Å². The molecule has 0 aliphatic carbocycles. The summed E-state index contributed by atoms with van der Waals surface area (Å²) in [5, 5.41) is 0. The average molecular weight is 485 g/mol. The Kier molecular flexibility index (Phi) is 6.49. The molecule has 1 heterocycles. The number of piperazine rings is 1. The third-order valence-corrected chi connectivity index (χ3v) is 8.87. The molecule has 0 bridgehead atoms. The van der Waals surface area contributed by atoms with Crippen LogP contribution in [0, 0.1) is 5.82 Å². The van der Waals surface area contributed by atoms with Crippen molar-refractivity contribution >= 4 is 31.8 Å². The minimum atomic E-state index is -4.48. The van der Waals surface area contributed by atoms with Crippen LogP contribution in [0.25, 0.3) is 0 Å². The lowest BCUT2D eigenvalue weighted by atomic mass is 10.4. The number of sulfonamides is 2. The van der Waals surface area contributed by atoms with Gasteiger partial charge in [0, 0.05) is 31.1 Å². The lowest BCUT2D eigenvalue weighted by molar-refractivity contribution is -0.0328. The summed E-state index contributed by atoms with van der Waals surface area (Å²) in [5.41, 5.74) is -4.48. The van der Waals surface area contributed by atoms with Gasteiger partial charge in [0.25, 0.3) is 0 Å². The summed E-state index contributed by atoms with van der Waals surface area (Å²) in [6.45, 7) is -0.563. The van der Waals surface area contributed by atoms with Crippen LogP contribution in [0.1, 0.15) is 0 Å². The summed E-state index contributed by atoms with van der Waals surface area (Å²) in [6, 6.07) is 8.82. The van der Waals surface area contributed by atoms with E-state index in [2.05, 4.69) is 0 Å². The first-order valence-electron chi connectivity index (χ1n) is 8.51. The van der Waals surface area contributed by atoms with Crippen molar-refractivity contribution in [2.45, 2.75) is 20.2 Å². The molecular formula is C17H16F4N2O4S3. The van der Waals surface area contributed by atoms with Gasteiger partial charge < -0.3 is 0 Å². The monoisotopic (exact) mass is 484 g/mol. The number of nitrogens with zero attached hydrogens (tertiary/aromatic N) is 2. The Morgan fingerprint density at radius 1 is 0.767 bits per heavy atom. The molecule has 3 rings (SSSR count). The van der Waals surface area contributed by atoms with E-state index in [0.29, 0.717) is 0 Å². The van der Waals surface area contributed by atoms with Gasteiger partial charge in [-0.05, 0) is 54.2 Å². The molecule has 164 valence electrons. The molecule has 0 radical (unpaired) electrons. The fourth-order valence-electron chi connectivity index (χ4n) is 2.89. The second kappa shape index (κ2) is 8.46. The first-order chi connectivity index (χ1) is 13.9. The number of hydrogen-bond acceptors (Lipinski definition) is 5. The molecule has 0 N–H and O–H groups in total. The van der Waals surface area contributed by atoms with E-state index in [9.17, 15) is 34.4 Å². The van der Waals surface area contributed by atoms with Gasteiger partial charge in [-0.2, -0.15) is 21.8 Å². The molecule has 0 spiro atoms. The number of alkyl halides is 3. The fourth-order valence-corrected chi connectivity index (χ4v) is 6.31. The predicted octanol–water partition coefficient (Wildman–Crippen LogP) is 3.13. The maximum atomic E-state index is 13.4. The van der Waals surface area contributed by atoms with Crippen LogP contribution in [0.5, 0.6) is 0 Å². The van der Waals surface area contributed by atoms with Gasteiger partial charge >= 0.3 is 5.51 Å². The third-order valence-electron chi connectivity index (χ3n) is 4.33. The molecule has 2 aromatic carbocycles. The molecule has 0 saturated carbocycles. The topological polar surface area (TPSA) is 74.8 Å². The highest BCUT2D eigenvalue weighted by atomic mass is 32.2. The zero-order valence-corrected chi connectivity index (χ0v) is 17.7. The van der Waals surface area contributed by atoms with Crippen LogP contribution in [0.15, 0.2) is 63.2 Å². The van der Waals surface area contributed by atoms with Crippen LogP contribution >= 0.6 is 11.8 Å². The van der Waals surface area contributed by atoms with Crippen LogP contribution in [-0.4, -0.2) is 57.1 Å². The van der Waals surface area contributed by atoms with Crippen molar-refractivity contribution in [3.63, 3.8) is 0 Å². The van der Waals surface area contributed by atoms with Gasteiger partial charge in [-0.3, -0.25) is 0 Å². The summed E-state index contributed by atoms with van der Waals surface area (Å²) in [5.74, 6) is -0.704. The van der Waals surface area contributed by atoms with Gasteiger partial charge in [-0.25, -0.2) is 21.2 Å². The zero-order valence-electron chi connectivity index (χ0n) is 15.2. The number of rotatable bonds is 5. The Labute approximate surface area is 175 Å². The van der Waals surface area contributed by atoms with Gasteiger partial charge in [0.05, 0.1) is 9.79 Å². The molecule has 13 heteroatoms. The fraction of sp³-hybridized carbons (Fsp3) is 0.294. The van der Waals surface area contributed by atoms with E-state index in [1.54, 1.807) is 0 Å². The second-order valence-electron chi connectivity index (χ2n) is 6.28. The van der Waals surface area contributed by atoms with Crippen LogP contribution in [0.3, 0.4) is 0 Å². The first-order valence-corrected chi connectivity index (χ1v) is 12.2. The SMILES string of the molecule is O=S(=O)(c1ccc(SC(F)(F)F)cc1)N1CCN(S(=O)(=O)c2cccc(F)c2)CC1. The molecule has 0 atom stereocenters. The lowest BCUT2D eigenvalue weighted by Gasteiger charge is -2.33. The Morgan fingerprint density at radius 2 is 1.27 bits per heavy atom. The van der Waals surface area contributed by atoms with Crippen molar-refractivity contribution in [2.75, 3.05) is 26.2 Å². The van der Waals surface area contributed by atoms with E-state index in [1.807, 2.05) is 0 Å². The van der Waals surface area contributed by atoms with Gasteiger partial charge in [0.1, 0.15) is 5.82 Å². The van der Waals surface area contributed by atoms with E-state index in [1.165, 1.54) is 12.1 Å². The molecule has 1 aliphatic heterocycles. The summed E-state index contributed by atoms with van der Waals surface area (Å²) in [4.78, 5) is -0.556. The highest BCUT2D eigenvalue weighted by Gasteiger charge is 2.34. The van der Waals surface area contributed by atoms with Crippen molar-refractivity contribution in [3.05, 3.63) is 54.3 Å². The van der Waals surface area contributed by atoms with Gasteiger partial charge in [0.15, 0.2) is 0 Å². The molecule has 6 nitrogen and oxygen atoms in total. The molecule has 0 aromatic heterocycles. The number of hydrogen-bond donors (Lipinski definition) is 0. The van der Waals surface area contributed by atoms with Gasteiger partial charge in [-0.1, -0.05) is 6.07 Å². The molecule has 1 fully saturated rings. The van der Waals surface area contributed by atoms with Crippen molar-refractivity contribution < 1.29 is 34.4 Å². The smallest absolute Gasteiger partial charge is 0.207 e. The lowest BCUT2D eigenvalue weighted by Crippen LogP contribution is -2.50.